The van der Waals surface area contributed by atoms with Gasteiger partial charge < -0.3 is 5.11 Å². The topological polar surface area (TPSA) is 97.0 Å². The first-order valence-corrected chi connectivity index (χ1v) is 10.8. The first-order valence-electron chi connectivity index (χ1n) is 10.4. The van der Waals surface area contributed by atoms with Crippen molar-refractivity contribution in [3.8, 4) is 5.69 Å². The Kier molecular flexibility index (Phi) is 4.89. The van der Waals surface area contributed by atoms with Crippen LogP contribution in [0.4, 0.5) is 4.79 Å². The van der Waals surface area contributed by atoms with Gasteiger partial charge in [-0.3, -0.25) is 19.4 Å². The molecule has 0 unspecified atom stereocenters. The lowest BCUT2D eigenvalue weighted by molar-refractivity contribution is 0.138. The Bertz CT molecular complexity index is 1140. The zero-order chi connectivity index (χ0) is 21.6. The second kappa shape index (κ2) is 7.60. The Morgan fingerprint density at radius 2 is 2.03 bits per heavy atom. The third-order valence-electron chi connectivity index (χ3n) is 6.41. The van der Waals surface area contributed by atoms with E-state index in [-0.39, 0.29) is 13.1 Å². The second-order valence-corrected chi connectivity index (χ2v) is 9.15. The van der Waals surface area contributed by atoms with Crippen molar-refractivity contribution >= 4 is 17.7 Å². The van der Waals surface area contributed by atoms with E-state index in [4.69, 9.17) is 11.6 Å². The van der Waals surface area contributed by atoms with Crippen LogP contribution < -0.4 is 0 Å². The molecule has 0 saturated heterocycles. The van der Waals surface area contributed by atoms with E-state index >= 15 is 0 Å². The molecule has 160 valence electrons. The van der Waals surface area contributed by atoms with Crippen molar-refractivity contribution in [3.05, 3.63) is 65.3 Å². The fourth-order valence-corrected chi connectivity index (χ4v) is 5.04. The second-order valence-electron chi connectivity index (χ2n) is 8.42. The SMILES string of the molecule is Cc1cncc(C2CCC(Cl)(c3ccc4c(c3)CN(C(=O)O)Cc3nncn3-4)CC2)n1. The summed E-state index contributed by atoms with van der Waals surface area (Å²) in [5.41, 5.74) is 4.81. The number of fused-ring (bicyclic) bond motifs is 3. The van der Waals surface area contributed by atoms with E-state index in [1.807, 2.05) is 23.8 Å². The van der Waals surface area contributed by atoms with Gasteiger partial charge in [0.1, 0.15) is 6.33 Å². The Morgan fingerprint density at radius 1 is 1.23 bits per heavy atom. The molecule has 5 rings (SSSR count). The Balaban J connectivity index is 1.43. The standard InChI is InChI=1S/C22H23ClN6O2/c1-14-9-24-10-18(26-14)15-4-6-22(23,7-5-15)17-2-3-19-16(8-17)11-28(21(30)31)12-20-27-25-13-29(19)20/h2-3,8-10,13,15H,4-7,11-12H2,1H3,(H,30,31). The summed E-state index contributed by atoms with van der Waals surface area (Å²) in [6.07, 6.45) is 7.82. The van der Waals surface area contributed by atoms with E-state index in [0.717, 1.165) is 53.9 Å². The van der Waals surface area contributed by atoms with Gasteiger partial charge in [-0.2, -0.15) is 0 Å². The summed E-state index contributed by atoms with van der Waals surface area (Å²) in [5, 5.41) is 17.7. The van der Waals surface area contributed by atoms with Gasteiger partial charge in [0.2, 0.25) is 0 Å². The molecule has 0 radical (unpaired) electrons. The van der Waals surface area contributed by atoms with Gasteiger partial charge in [-0.05, 0) is 49.8 Å². The number of carbonyl (C=O) groups is 1. The lowest BCUT2D eigenvalue weighted by Crippen LogP contribution is -2.28. The average molecular weight is 439 g/mol. The minimum absolute atomic E-state index is 0.199. The summed E-state index contributed by atoms with van der Waals surface area (Å²) in [5.74, 6) is 0.969. The normalized spacial score (nSPS) is 23.0. The first kappa shape index (κ1) is 19.9. The number of carboxylic acid groups (broad SMARTS) is 1. The molecule has 2 aromatic heterocycles. The van der Waals surface area contributed by atoms with E-state index < -0.39 is 11.0 Å². The van der Waals surface area contributed by atoms with Gasteiger partial charge in [0.05, 0.1) is 35.0 Å². The molecular formula is C22H23ClN6O2. The minimum atomic E-state index is -0.979. The maximum atomic E-state index is 11.7. The van der Waals surface area contributed by atoms with Gasteiger partial charge in [-0.1, -0.05) is 12.1 Å². The number of alkyl halides is 1. The lowest BCUT2D eigenvalue weighted by Gasteiger charge is -2.36. The van der Waals surface area contributed by atoms with Crippen LogP contribution in [-0.4, -0.2) is 40.8 Å². The van der Waals surface area contributed by atoms with Gasteiger partial charge in [0, 0.05) is 18.3 Å². The van der Waals surface area contributed by atoms with Crippen molar-refractivity contribution < 1.29 is 9.90 Å². The fourth-order valence-electron chi connectivity index (χ4n) is 4.70. The molecule has 1 aliphatic carbocycles. The lowest BCUT2D eigenvalue weighted by atomic mass is 9.76. The fraction of sp³-hybridized carbons (Fsp3) is 0.409. The van der Waals surface area contributed by atoms with E-state index in [1.54, 1.807) is 12.5 Å². The van der Waals surface area contributed by atoms with Gasteiger partial charge in [-0.25, -0.2) is 4.79 Å². The van der Waals surface area contributed by atoms with Crippen LogP contribution in [0.25, 0.3) is 5.69 Å². The average Bonchev–Trinajstić information content (AvgIpc) is 3.15. The predicted molar refractivity (Wildman–Crippen MR) is 114 cm³/mol. The molecule has 1 aliphatic heterocycles. The number of aromatic nitrogens is 5. The number of nitrogens with zero attached hydrogens (tertiary/aromatic N) is 6. The third kappa shape index (κ3) is 3.65. The molecule has 31 heavy (non-hydrogen) atoms. The van der Waals surface area contributed by atoms with Crippen LogP contribution in [0.1, 0.15) is 59.9 Å². The number of amides is 1. The van der Waals surface area contributed by atoms with E-state index in [1.165, 1.54) is 4.90 Å². The summed E-state index contributed by atoms with van der Waals surface area (Å²) < 4.78 is 1.86. The molecule has 2 aliphatic rings. The molecule has 1 fully saturated rings. The van der Waals surface area contributed by atoms with Crippen LogP contribution in [0.3, 0.4) is 0 Å². The Morgan fingerprint density at radius 3 is 2.77 bits per heavy atom. The van der Waals surface area contributed by atoms with Gasteiger partial charge in [0.25, 0.3) is 0 Å². The molecule has 0 bridgehead atoms. The van der Waals surface area contributed by atoms with Crippen molar-refractivity contribution in [3.63, 3.8) is 0 Å². The van der Waals surface area contributed by atoms with Crippen molar-refractivity contribution in [1.29, 1.82) is 0 Å². The number of benzene rings is 1. The van der Waals surface area contributed by atoms with E-state index in [9.17, 15) is 9.90 Å². The van der Waals surface area contributed by atoms with Gasteiger partial charge >= 0.3 is 6.09 Å². The monoisotopic (exact) mass is 438 g/mol. The van der Waals surface area contributed by atoms with Crippen LogP contribution in [0, 0.1) is 6.92 Å². The molecule has 1 amide bonds. The quantitative estimate of drug-likeness (QED) is 0.603. The summed E-state index contributed by atoms with van der Waals surface area (Å²) in [4.78, 5) is 21.5. The third-order valence-corrected chi connectivity index (χ3v) is 7.00. The van der Waals surface area contributed by atoms with Crippen LogP contribution in [0.2, 0.25) is 0 Å². The Labute approximate surface area is 184 Å². The molecule has 0 spiro atoms. The molecule has 1 saturated carbocycles. The molecular weight excluding hydrogens is 416 g/mol. The van der Waals surface area contributed by atoms with Crippen LogP contribution in [0.15, 0.2) is 36.9 Å². The molecule has 0 atom stereocenters. The highest BCUT2D eigenvalue weighted by Gasteiger charge is 2.37. The van der Waals surface area contributed by atoms with Crippen LogP contribution in [0.5, 0.6) is 0 Å². The summed E-state index contributed by atoms with van der Waals surface area (Å²) in [6, 6.07) is 6.12. The number of aryl methyl sites for hydroxylation is 1. The highest BCUT2D eigenvalue weighted by Crippen LogP contribution is 2.48. The largest absolute Gasteiger partial charge is 0.465 e. The number of hydrogen-bond donors (Lipinski definition) is 1. The first-order chi connectivity index (χ1) is 14.9. The number of halogens is 1. The summed E-state index contributed by atoms with van der Waals surface area (Å²) >= 11 is 7.15. The highest BCUT2D eigenvalue weighted by molar-refractivity contribution is 6.24. The number of rotatable bonds is 2. The maximum Gasteiger partial charge on any atom is 0.408 e. The highest BCUT2D eigenvalue weighted by atomic mass is 35.5. The van der Waals surface area contributed by atoms with Crippen molar-refractivity contribution in [2.45, 2.75) is 56.5 Å². The minimum Gasteiger partial charge on any atom is -0.465 e. The summed E-state index contributed by atoms with van der Waals surface area (Å²) in [7, 11) is 0. The zero-order valence-electron chi connectivity index (χ0n) is 17.2. The molecule has 8 nitrogen and oxygen atoms in total. The molecule has 9 heteroatoms. The smallest absolute Gasteiger partial charge is 0.408 e. The van der Waals surface area contributed by atoms with Gasteiger partial charge in [-0.15, -0.1) is 21.8 Å². The van der Waals surface area contributed by atoms with Crippen molar-refractivity contribution in [1.82, 2.24) is 29.6 Å². The van der Waals surface area contributed by atoms with E-state index in [2.05, 4.69) is 32.3 Å². The number of hydrogen-bond acceptors (Lipinski definition) is 5. The zero-order valence-corrected chi connectivity index (χ0v) is 18.0. The van der Waals surface area contributed by atoms with Gasteiger partial charge in [0.15, 0.2) is 5.82 Å². The molecule has 1 aromatic carbocycles. The molecule has 3 heterocycles. The van der Waals surface area contributed by atoms with Crippen molar-refractivity contribution in [2.24, 2.45) is 0 Å². The predicted octanol–water partition coefficient (Wildman–Crippen LogP) is 4.15. The maximum absolute atomic E-state index is 11.7. The molecule has 1 N–H and O–H groups in total. The Hall–Kier alpha value is -3.00. The molecule has 3 aromatic rings. The summed E-state index contributed by atoms with van der Waals surface area (Å²) in [6.45, 7) is 2.45. The van der Waals surface area contributed by atoms with E-state index in [0.29, 0.717) is 11.7 Å². The van der Waals surface area contributed by atoms with Crippen LogP contribution >= 0.6 is 11.6 Å². The van der Waals surface area contributed by atoms with Crippen LogP contribution in [-0.2, 0) is 18.0 Å². The van der Waals surface area contributed by atoms with Crippen molar-refractivity contribution in [2.75, 3.05) is 0 Å².